The summed E-state index contributed by atoms with van der Waals surface area (Å²) < 4.78 is 9.46. The van der Waals surface area contributed by atoms with Crippen LogP contribution in [0.5, 0.6) is 0 Å². The Morgan fingerprint density at radius 2 is 1.61 bits per heavy atom. The summed E-state index contributed by atoms with van der Waals surface area (Å²) in [5.74, 6) is 0. The lowest BCUT2D eigenvalue weighted by atomic mass is 10.3. The number of hydrogen-bond acceptors (Lipinski definition) is 2. The van der Waals surface area contributed by atoms with E-state index < -0.39 is 13.1 Å². The average Bonchev–Trinajstić information content (AvgIpc) is 2.61. The van der Waals surface area contributed by atoms with Gasteiger partial charge in [0.2, 0.25) is 0 Å². The third-order valence-corrected chi connectivity index (χ3v) is 8.00. The van der Waals surface area contributed by atoms with Gasteiger partial charge in [0.1, 0.15) is 0 Å². The second kappa shape index (κ2) is 7.94. The molecule has 1 amide bonds. The Balaban J connectivity index is 2.81. The summed E-state index contributed by atoms with van der Waals surface area (Å²) in [6.45, 7) is 5.99. The fraction of sp³-hybridized carbons (Fsp3) is 0.211. The zero-order valence-electron chi connectivity index (χ0n) is 13.6. The molecule has 0 aliphatic heterocycles. The Morgan fingerprint density at radius 3 is 2.00 bits per heavy atom. The summed E-state index contributed by atoms with van der Waals surface area (Å²) in [6, 6.07) is 20.1. The minimum Gasteiger partial charge on any atom is -0.451 e. The number of carbonyl (C=O) groups is 1. The van der Waals surface area contributed by atoms with Crippen molar-refractivity contribution in [3.05, 3.63) is 73.3 Å². The highest BCUT2D eigenvalue weighted by molar-refractivity contribution is 7.81. The number of benzene rings is 2. The van der Waals surface area contributed by atoms with Gasteiger partial charge in [-0.25, -0.2) is 4.79 Å². The van der Waals surface area contributed by atoms with Crippen molar-refractivity contribution in [2.24, 2.45) is 4.74 Å². The van der Waals surface area contributed by atoms with Crippen LogP contribution in [0.25, 0.3) is 0 Å². The van der Waals surface area contributed by atoms with Gasteiger partial charge < -0.3 is 4.74 Å². The molecule has 0 saturated carbocycles. The van der Waals surface area contributed by atoms with Crippen molar-refractivity contribution in [3.63, 3.8) is 0 Å². The molecule has 0 aliphatic carbocycles. The Morgan fingerprint density at radius 1 is 1.13 bits per heavy atom. The van der Waals surface area contributed by atoms with Crippen LogP contribution in [-0.2, 0) is 4.74 Å². The highest BCUT2D eigenvalue weighted by atomic mass is 31.2. The molecule has 1 unspecified atom stereocenters. The Bertz CT molecular complexity index is 667. The minimum atomic E-state index is -2.30. The van der Waals surface area contributed by atoms with E-state index in [0.717, 1.165) is 17.0 Å². The molecule has 0 aromatic heterocycles. The lowest BCUT2D eigenvalue weighted by Crippen LogP contribution is -2.25. The van der Waals surface area contributed by atoms with Crippen molar-refractivity contribution in [1.29, 1.82) is 0 Å². The second-order valence-corrected chi connectivity index (χ2v) is 8.79. The van der Waals surface area contributed by atoms with Crippen molar-refractivity contribution in [2.75, 3.05) is 7.11 Å². The van der Waals surface area contributed by atoms with Gasteiger partial charge in [-0.15, -0.1) is 6.58 Å². The van der Waals surface area contributed by atoms with Crippen LogP contribution < -0.4 is 10.6 Å². The summed E-state index contributed by atoms with van der Waals surface area (Å²) in [7, 11) is -0.932. The molecule has 1 atom stereocenters. The van der Waals surface area contributed by atoms with Crippen LogP contribution in [0.2, 0.25) is 0 Å². The largest absolute Gasteiger partial charge is 0.451 e. The van der Waals surface area contributed by atoms with Crippen molar-refractivity contribution in [1.82, 2.24) is 0 Å². The lowest BCUT2D eigenvalue weighted by molar-refractivity contribution is 0.183. The first kappa shape index (κ1) is 17.2. The number of hydrogen-bond donors (Lipinski definition) is 0. The van der Waals surface area contributed by atoms with Gasteiger partial charge in [0.15, 0.2) is 0 Å². The fourth-order valence-electron chi connectivity index (χ4n) is 2.75. The summed E-state index contributed by atoms with van der Waals surface area (Å²) >= 11 is 0. The third kappa shape index (κ3) is 3.62. The predicted octanol–water partition coefficient (Wildman–Crippen LogP) is 4.57. The van der Waals surface area contributed by atoms with Gasteiger partial charge in [-0.3, -0.25) is 0 Å². The number of amides is 1. The number of rotatable bonds is 5. The minimum absolute atomic E-state index is 0.156. The van der Waals surface area contributed by atoms with Crippen LogP contribution in [-0.4, -0.2) is 18.9 Å². The molecule has 23 heavy (non-hydrogen) atoms. The molecule has 120 valence electrons. The first-order valence-corrected chi connectivity index (χ1v) is 9.38. The molecule has 2 aromatic carbocycles. The monoisotopic (exact) mass is 327 g/mol. The van der Waals surface area contributed by atoms with Gasteiger partial charge in [-0.05, 0) is 17.0 Å². The maximum atomic E-state index is 12.1. The highest BCUT2D eigenvalue weighted by Gasteiger charge is 2.32. The van der Waals surface area contributed by atoms with Gasteiger partial charge in [-0.2, -0.15) is 4.74 Å². The predicted molar refractivity (Wildman–Crippen MR) is 98.2 cm³/mol. The zero-order valence-corrected chi connectivity index (χ0v) is 14.4. The standard InChI is InChI=1S/C19H22NO2P/c1-4-11-16(2)23(20-19(21)22-3,17-12-7-5-8-13-17)18-14-9-6-10-15-18/h4-10,12-16H,1,11H2,2-3H3. The molecular weight excluding hydrogens is 305 g/mol. The van der Waals surface area contributed by atoms with Crippen LogP contribution >= 0.6 is 7.05 Å². The summed E-state index contributed by atoms with van der Waals surface area (Å²) in [6.07, 6.45) is 2.14. The molecule has 0 fully saturated rings. The van der Waals surface area contributed by atoms with E-state index in [1.54, 1.807) is 0 Å². The molecule has 4 heteroatoms. The van der Waals surface area contributed by atoms with Crippen molar-refractivity contribution < 1.29 is 9.53 Å². The van der Waals surface area contributed by atoms with E-state index >= 15 is 0 Å². The van der Waals surface area contributed by atoms with Gasteiger partial charge in [0.05, 0.1) is 7.11 Å². The molecule has 0 N–H and O–H groups in total. The second-order valence-electron chi connectivity index (χ2n) is 5.30. The van der Waals surface area contributed by atoms with Crippen LogP contribution in [0.15, 0.2) is 78.1 Å². The normalized spacial score (nSPS) is 12.3. The molecule has 0 aliphatic rings. The van der Waals surface area contributed by atoms with E-state index in [0.29, 0.717) is 0 Å². The third-order valence-electron chi connectivity index (χ3n) is 3.86. The zero-order chi connectivity index (χ0) is 16.7. The Hall–Kier alpha value is -2.12. The van der Waals surface area contributed by atoms with Gasteiger partial charge >= 0.3 is 6.09 Å². The fourth-order valence-corrected chi connectivity index (χ4v) is 6.54. The quantitative estimate of drug-likeness (QED) is 0.596. The maximum absolute atomic E-state index is 12.1. The van der Waals surface area contributed by atoms with Crippen molar-refractivity contribution in [2.45, 2.75) is 19.0 Å². The topological polar surface area (TPSA) is 38.7 Å². The maximum Gasteiger partial charge on any atom is 0.432 e. The van der Waals surface area contributed by atoms with E-state index in [4.69, 9.17) is 4.74 Å². The summed E-state index contributed by atoms with van der Waals surface area (Å²) in [4.78, 5) is 12.1. The molecule has 0 radical (unpaired) electrons. The van der Waals surface area contributed by atoms with Crippen molar-refractivity contribution in [3.8, 4) is 0 Å². The number of ether oxygens (including phenoxy) is 1. The Kier molecular flexibility index (Phi) is 5.95. The molecule has 0 saturated heterocycles. The van der Waals surface area contributed by atoms with Gasteiger partial charge in [0.25, 0.3) is 0 Å². The number of allylic oxidation sites excluding steroid dienone is 1. The first-order chi connectivity index (χ1) is 11.1. The van der Waals surface area contributed by atoms with E-state index in [-0.39, 0.29) is 5.66 Å². The van der Waals surface area contributed by atoms with Crippen molar-refractivity contribution >= 4 is 23.8 Å². The molecule has 2 aromatic rings. The molecule has 0 bridgehead atoms. The number of carbonyl (C=O) groups excluding carboxylic acids is 1. The smallest absolute Gasteiger partial charge is 0.432 e. The number of nitrogens with zero attached hydrogens (tertiary/aromatic N) is 1. The van der Waals surface area contributed by atoms with Gasteiger partial charge in [-0.1, -0.05) is 73.7 Å². The van der Waals surface area contributed by atoms with E-state index in [1.807, 2.05) is 66.7 Å². The van der Waals surface area contributed by atoms with Crippen LogP contribution in [0.4, 0.5) is 4.79 Å². The van der Waals surface area contributed by atoms with Crippen LogP contribution in [0.3, 0.4) is 0 Å². The van der Waals surface area contributed by atoms with Crippen LogP contribution in [0, 0.1) is 0 Å². The SMILES string of the molecule is C=CCC(C)P(=NC(=O)OC)(c1ccccc1)c1ccccc1. The molecular formula is C19H22NO2P. The summed E-state index contributed by atoms with van der Waals surface area (Å²) in [5, 5.41) is 2.15. The first-order valence-electron chi connectivity index (χ1n) is 7.57. The Labute approximate surface area is 138 Å². The molecule has 0 heterocycles. The molecule has 2 rings (SSSR count). The molecule has 0 spiro atoms. The van der Waals surface area contributed by atoms with Crippen LogP contribution in [0.1, 0.15) is 13.3 Å². The highest BCUT2D eigenvalue weighted by Crippen LogP contribution is 2.53. The van der Waals surface area contributed by atoms with E-state index in [2.05, 4.69) is 18.2 Å². The van der Waals surface area contributed by atoms with E-state index in [1.165, 1.54) is 7.11 Å². The van der Waals surface area contributed by atoms with Gasteiger partial charge in [0, 0.05) is 12.7 Å². The summed E-state index contributed by atoms with van der Waals surface area (Å²) in [5.41, 5.74) is 0.156. The molecule has 3 nitrogen and oxygen atoms in total. The average molecular weight is 327 g/mol. The number of methoxy groups -OCH3 is 1. The lowest BCUT2D eigenvalue weighted by Gasteiger charge is -2.31. The van der Waals surface area contributed by atoms with E-state index in [9.17, 15) is 4.79 Å².